The number of nitrogens with two attached hydrogens (primary N) is 1. The fourth-order valence-corrected chi connectivity index (χ4v) is 1.84. The highest BCUT2D eigenvalue weighted by Crippen LogP contribution is 2.24. The first-order chi connectivity index (χ1) is 9.99. The summed E-state index contributed by atoms with van der Waals surface area (Å²) in [5.74, 6) is -0.601. The first kappa shape index (κ1) is 14.8. The number of carbonyl (C=O) groups is 1. The van der Waals surface area contributed by atoms with E-state index in [1.54, 1.807) is 37.4 Å². The third-order valence-corrected chi connectivity index (χ3v) is 2.92. The molecular formula is C15H14F2N2O2. The fourth-order valence-electron chi connectivity index (χ4n) is 1.84. The Morgan fingerprint density at radius 3 is 2.38 bits per heavy atom. The van der Waals surface area contributed by atoms with Crippen LogP contribution in [0.5, 0.6) is 5.75 Å². The van der Waals surface area contributed by atoms with Crippen molar-refractivity contribution >= 4 is 17.3 Å². The van der Waals surface area contributed by atoms with Gasteiger partial charge >= 0.3 is 6.61 Å². The summed E-state index contributed by atoms with van der Waals surface area (Å²) in [5.41, 5.74) is 6.82. The van der Waals surface area contributed by atoms with E-state index < -0.39 is 12.5 Å². The van der Waals surface area contributed by atoms with Crippen molar-refractivity contribution in [3.63, 3.8) is 0 Å². The number of alkyl halides is 2. The van der Waals surface area contributed by atoms with Crippen LogP contribution in [-0.2, 0) is 0 Å². The summed E-state index contributed by atoms with van der Waals surface area (Å²) in [6.45, 7) is -2.99. The molecule has 0 saturated heterocycles. The molecule has 0 atom stereocenters. The molecule has 0 heterocycles. The number of hydrogen-bond donors (Lipinski definition) is 1. The summed E-state index contributed by atoms with van der Waals surface area (Å²) in [5, 5.41) is 0. The molecule has 0 aliphatic carbocycles. The van der Waals surface area contributed by atoms with Crippen LogP contribution in [0.15, 0.2) is 48.5 Å². The number of carbonyl (C=O) groups excluding carboxylic acids is 1. The average molecular weight is 292 g/mol. The lowest BCUT2D eigenvalue weighted by molar-refractivity contribution is -0.0501. The van der Waals surface area contributed by atoms with Crippen LogP contribution in [0, 0.1) is 0 Å². The second kappa shape index (κ2) is 6.21. The molecule has 110 valence electrons. The minimum absolute atomic E-state index is 0.0668. The van der Waals surface area contributed by atoms with Gasteiger partial charge in [0.2, 0.25) is 0 Å². The molecule has 1 amide bonds. The predicted molar refractivity (Wildman–Crippen MR) is 76.7 cm³/mol. The highest BCUT2D eigenvalue weighted by Gasteiger charge is 2.19. The molecule has 6 heteroatoms. The summed E-state index contributed by atoms with van der Waals surface area (Å²) in [6.07, 6.45) is 0. The highest BCUT2D eigenvalue weighted by atomic mass is 19.3. The second-order valence-electron chi connectivity index (χ2n) is 4.33. The summed E-state index contributed by atoms with van der Waals surface area (Å²) in [7, 11) is 1.55. The monoisotopic (exact) mass is 292 g/mol. The van der Waals surface area contributed by atoms with Crippen LogP contribution in [0.25, 0.3) is 0 Å². The van der Waals surface area contributed by atoms with Gasteiger partial charge in [0.15, 0.2) is 0 Å². The summed E-state index contributed by atoms with van der Waals surface area (Å²) in [6, 6.07) is 12.5. The Morgan fingerprint density at radius 1 is 1.14 bits per heavy atom. The van der Waals surface area contributed by atoms with Crippen molar-refractivity contribution in [1.82, 2.24) is 0 Å². The van der Waals surface area contributed by atoms with Gasteiger partial charge in [-0.3, -0.25) is 4.79 Å². The van der Waals surface area contributed by atoms with Crippen LogP contribution in [0.3, 0.4) is 0 Å². The maximum absolute atomic E-state index is 12.4. The molecule has 0 fully saturated rings. The summed E-state index contributed by atoms with van der Waals surface area (Å²) in [4.78, 5) is 13.7. The van der Waals surface area contributed by atoms with Crippen molar-refractivity contribution in [1.29, 1.82) is 0 Å². The van der Waals surface area contributed by atoms with E-state index in [1.165, 1.54) is 23.1 Å². The van der Waals surface area contributed by atoms with Gasteiger partial charge in [0.25, 0.3) is 5.91 Å². The number of anilines is 2. The number of benzene rings is 2. The van der Waals surface area contributed by atoms with E-state index in [-0.39, 0.29) is 11.3 Å². The van der Waals surface area contributed by atoms with Gasteiger partial charge < -0.3 is 15.4 Å². The van der Waals surface area contributed by atoms with E-state index in [0.717, 1.165) is 0 Å². The van der Waals surface area contributed by atoms with Crippen molar-refractivity contribution in [2.45, 2.75) is 6.61 Å². The molecule has 21 heavy (non-hydrogen) atoms. The lowest BCUT2D eigenvalue weighted by Crippen LogP contribution is -2.27. The molecule has 0 aliphatic rings. The van der Waals surface area contributed by atoms with Gasteiger partial charge in [-0.1, -0.05) is 12.1 Å². The standard InChI is InChI=1S/C15H14F2N2O2/c1-19(11-8-6-10(18)7-9-11)14(20)12-4-2-3-5-13(12)21-15(16)17/h2-9,15H,18H2,1H3. The van der Waals surface area contributed by atoms with Crippen molar-refractivity contribution in [3.8, 4) is 5.75 Å². The van der Waals surface area contributed by atoms with Crippen LogP contribution < -0.4 is 15.4 Å². The normalized spacial score (nSPS) is 10.5. The lowest BCUT2D eigenvalue weighted by Gasteiger charge is -2.19. The number of para-hydroxylation sites is 1. The molecule has 0 aromatic heterocycles. The van der Waals surface area contributed by atoms with Crippen LogP contribution >= 0.6 is 0 Å². The molecule has 4 nitrogen and oxygen atoms in total. The number of rotatable bonds is 4. The number of ether oxygens (including phenoxy) is 1. The van der Waals surface area contributed by atoms with Crippen LogP contribution in [0.1, 0.15) is 10.4 Å². The average Bonchev–Trinajstić information content (AvgIpc) is 2.46. The van der Waals surface area contributed by atoms with Crippen molar-refractivity contribution in [2.75, 3.05) is 17.7 Å². The van der Waals surface area contributed by atoms with E-state index in [1.807, 2.05) is 0 Å². The van der Waals surface area contributed by atoms with Gasteiger partial charge in [0, 0.05) is 18.4 Å². The Bertz CT molecular complexity index is 630. The first-order valence-electron chi connectivity index (χ1n) is 6.16. The third-order valence-electron chi connectivity index (χ3n) is 2.92. The SMILES string of the molecule is CN(C(=O)c1ccccc1OC(F)F)c1ccc(N)cc1. The minimum atomic E-state index is -2.99. The van der Waals surface area contributed by atoms with E-state index in [0.29, 0.717) is 11.4 Å². The minimum Gasteiger partial charge on any atom is -0.434 e. The van der Waals surface area contributed by atoms with E-state index >= 15 is 0 Å². The number of amides is 1. The topological polar surface area (TPSA) is 55.6 Å². The van der Waals surface area contributed by atoms with Gasteiger partial charge in [-0.05, 0) is 36.4 Å². The molecule has 0 radical (unpaired) electrons. The van der Waals surface area contributed by atoms with E-state index in [2.05, 4.69) is 4.74 Å². The fraction of sp³-hybridized carbons (Fsp3) is 0.133. The van der Waals surface area contributed by atoms with Crippen LogP contribution in [0.4, 0.5) is 20.2 Å². The first-order valence-corrected chi connectivity index (χ1v) is 6.16. The van der Waals surface area contributed by atoms with Gasteiger partial charge in [-0.2, -0.15) is 8.78 Å². The number of hydrogen-bond acceptors (Lipinski definition) is 3. The molecule has 2 rings (SSSR count). The van der Waals surface area contributed by atoms with Crippen molar-refractivity contribution < 1.29 is 18.3 Å². The lowest BCUT2D eigenvalue weighted by atomic mass is 10.1. The largest absolute Gasteiger partial charge is 0.434 e. The highest BCUT2D eigenvalue weighted by molar-refractivity contribution is 6.07. The van der Waals surface area contributed by atoms with Crippen LogP contribution in [0.2, 0.25) is 0 Å². The Balaban J connectivity index is 2.29. The Hall–Kier alpha value is -2.63. The maximum Gasteiger partial charge on any atom is 0.387 e. The molecule has 0 bridgehead atoms. The Labute approximate surface area is 120 Å². The van der Waals surface area contributed by atoms with Crippen molar-refractivity contribution in [3.05, 3.63) is 54.1 Å². The van der Waals surface area contributed by atoms with Gasteiger partial charge in [0.05, 0.1) is 5.56 Å². The van der Waals surface area contributed by atoms with E-state index in [4.69, 9.17) is 5.73 Å². The zero-order valence-electron chi connectivity index (χ0n) is 11.3. The van der Waals surface area contributed by atoms with Gasteiger partial charge in [0.1, 0.15) is 5.75 Å². The molecule has 0 saturated carbocycles. The third kappa shape index (κ3) is 3.47. The quantitative estimate of drug-likeness (QED) is 0.881. The number of halogens is 2. The van der Waals surface area contributed by atoms with E-state index in [9.17, 15) is 13.6 Å². The number of nitrogen functional groups attached to an aromatic ring is 1. The Kier molecular flexibility index (Phi) is 4.37. The summed E-state index contributed by atoms with van der Waals surface area (Å²) >= 11 is 0. The molecule has 0 unspecified atom stereocenters. The van der Waals surface area contributed by atoms with Gasteiger partial charge in [-0.25, -0.2) is 0 Å². The van der Waals surface area contributed by atoms with Crippen molar-refractivity contribution in [2.24, 2.45) is 0 Å². The van der Waals surface area contributed by atoms with Crippen LogP contribution in [-0.4, -0.2) is 19.6 Å². The molecule has 2 N–H and O–H groups in total. The molecule has 0 spiro atoms. The zero-order valence-corrected chi connectivity index (χ0v) is 11.3. The molecule has 2 aromatic carbocycles. The smallest absolute Gasteiger partial charge is 0.387 e. The van der Waals surface area contributed by atoms with Gasteiger partial charge in [-0.15, -0.1) is 0 Å². The predicted octanol–water partition coefficient (Wildman–Crippen LogP) is 3.15. The summed E-state index contributed by atoms with van der Waals surface area (Å²) < 4.78 is 29.1. The molecule has 0 aliphatic heterocycles. The molecule has 2 aromatic rings. The number of nitrogens with zero attached hydrogens (tertiary/aromatic N) is 1. The Morgan fingerprint density at radius 2 is 1.76 bits per heavy atom. The second-order valence-corrected chi connectivity index (χ2v) is 4.33. The zero-order chi connectivity index (χ0) is 15.4. The molecular weight excluding hydrogens is 278 g/mol. The maximum atomic E-state index is 12.4.